The zero-order valence-corrected chi connectivity index (χ0v) is 11.1. The fourth-order valence-corrected chi connectivity index (χ4v) is 3.53. The first kappa shape index (κ1) is 12.7. The molecule has 1 rings (SSSR count). The Balaban J connectivity index is 2.64. The number of alkyl halides is 1. The molecule has 0 bridgehead atoms. The van der Waals surface area contributed by atoms with E-state index >= 15 is 0 Å². The Labute approximate surface area is 98.0 Å². The lowest BCUT2D eigenvalue weighted by Crippen LogP contribution is -2.22. The lowest BCUT2D eigenvalue weighted by molar-refractivity contribution is 0.275. The van der Waals surface area contributed by atoms with Gasteiger partial charge in [-0.3, -0.25) is 0 Å². The molecule has 0 aliphatic heterocycles. The first-order chi connectivity index (χ1) is 7.31. The van der Waals surface area contributed by atoms with Gasteiger partial charge in [-0.1, -0.05) is 30.3 Å². The largest absolute Gasteiger partial charge is 0.400 e. The highest BCUT2D eigenvalue weighted by Crippen LogP contribution is 2.23. The average Bonchev–Trinajstić information content (AvgIpc) is 2.32. The smallest absolute Gasteiger partial charge is 0.321 e. The van der Waals surface area contributed by atoms with Gasteiger partial charge in [0.25, 0.3) is 0 Å². The first-order valence-corrected chi connectivity index (χ1v) is 7.27. The van der Waals surface area contributed by atoms with Gasteiger partial charge >= 0.3 is 9.28 Å². The van der Waals surface area contributed by atoms with E-state index in [1.807, 2.05) is 18.2 Å². The van der Waals surface area contributed by atoms with Crippen LogP contribution in [0, 0.1) is 0 Å². The Morgan fingerprint density at radius 1 is 1.20 bits per heavy atom. The predicted octanol–water partition coefficient (Wildman–Crippen LogP) is 2.52. The predicted molar refractivity (Wildman–Crippen MR) is 65.9 cm³/mol. The van der Waals surface area contributed by atoms with Crippen LogP contribution in [-0.4, -0.2) is 29.4 Å². The molecule has 1 atom stereocenters. The number of hydrogen-bond acceptors (Lipinski definition) is 2. The first-order valence-electron chi connectivity index (χ1n) is 4.98. The summed E-state index contributed by atoms with van der Waals surface area (Å²) in [5.74, 6) is 0.949. The molecule has 0 aliphatic rings. The topological polar surface area (TPSA) is 18.5 Å². The normalized spacial score (nSPS) is 13.1. The van der Waals surface area contributed by atoms with E-state index < -0.39 is 9.28 Å². The third-order valence-corrected chi connectivity index (χ3v) is 4.84. The van der Waals surface area contributed by atoms with Crippen molar-refractivity contribution in [2.75, 3.05) is 20.1 Å². The van der Waals surface area contributed by atoms with Crippen LogP contribution >= 0.6 is 11.6 Å². The lowest BCUT2D eigenvalue weighted by Gasteiger charge is -2.18. The molecule has 0 amide bonds. The summed E-state index contributed by atoms with van der Waals surface area (Å²) in [6.45, 7) is 0. The van der Waals surface area contributed by atoms with E-state index in [1.54, 1.807) is 14.2 Å². The zero-order valence-electron chi connectivity index (χ0n) is 9.15. The van der Waals surface area contributed by atoms with E-state index in [-0.39, 0.29) is 0 Å². The number of halogens is 1. The van der Waals surface area contributed by atoms with Gasteiger partial charge in [-0.2, -0.15) is 0 Å². The van der Waals surface area contributed by atoms with Crippen LogP contribution in [0.3, 0.4) is 0 Å². The second-order valence-corrected chi connectivity index (χ2v) is 5.98. The van der Waals surface area contributed by atoms with Gasteiger partial charge < -0.3 is 8.85 Å². The van der Waals surface area contributed by atoms with Crippen molar-refractivity contribution in [2.24, 2.45) is 0 Å². The van der Waals surface area contributed by atoms with Crippen LogP contribution in [0.5, 0.6) is 0 Å². The zero-order chi connectivity index (χ0) is 11.1. The molecular formula is C11H17ClO2Si. The molecular weight excluding hydrogens is 228 g/mol. The van der Waals surface area contributed by atoms with Gasteiger partial charge in [-0.25, -0.2) is 0 Å². The van der Waals surface area contributed by atoms with Gasteiger partial charge in [-0.05, 0) is 17.5 Å². The maximum absolute atomic E-state index is 5.97. The van der Waals surface area contributed by atoms with E-state index in [2.05, 4.69) is 12.1 Å². The van der Waals surface area contributed by atoms with Crippen molar-refractivity contribution in [1.29, 1.82) is 0 Å². The third kappa shape index (κ3) is 3.95. The molecule has 1 unspecified atom stereocenters. The molecule has 0 saturated heterocycles. The summed E-state index contributed by atoms with van der Waals surface area (Å²) in [6, 6.07) is 11.2. The summed E-state index contributed by atoms with van der Waals surface area (Å²) in [5.41, 5.74) is 1.26. The van der Waals surface area contributed by atoms with Gasteiger partial charge in [0.2, 0.25) is 0 Å². The van der Waals surface area contributed by atoms with Gasteiger partial charge in [0, 0.05) is 20.1 Å². The number of rotatable bonds is 6. The Morgan fingerprint density at radius 2 is 1.80 bits per heavy atom. The molecule has 0 heterocycles. The maximum atomic E-state index is 5.97. The Hall–Kier alpha value is -0.353. The lowest BCUT2D eigenvalue weighted by atomic mass is 10.0. The van der Waals surface area contributed by atoms with Crippen molar-refractivity contribution in [3.8, 4) is 0 Å². The highest BCUT2D eigenvalue weighted by Gasteiger charge is 2.18. The van der Waals surface area contributed by atoms with E-state index in [4.69, 9.17) is 20.5 Å². The summed E-state index contributed by atoms with van der Waals surface area (Å²) >= 11 is 5.97. The van der Waals surface area contributed by atoms with Crippen LogP contribution in [0.1, 0.15) is 11.5 Å². The molecule has 0 fully saturated rings. The highest BCUT2D eigenvalue weighted by molar-refractivity contribution is 6.44. The molecule has 0 radical (unpaired) electrons. The minimum absolute atomic E-state index is 0.337. The molecule has 4 heteroatoms. The molecule has 84 valence electrons. The van der Waals surface area contributed by atoms with Crippen molar-refractivity contribution in [2.45, 2.75) is 12.0 Å². The minimum atomic E-state index is -1.52. The third-order valence-electron chi connectivity index (χ3n) is 2.46. The van der Waals surface area contributed by atoms with Crippen molar-refractivity contribution in [3.63, 3.8) is 0 Å². The van der Waals surface area contributed by atoms with Crippen LogP contribution < -0.4 is 0 Å². The summed E-state index contributed by atoms with van der Waals surface area (Å²) < 4.78 is 10.6. The summed E-state index contributed by atoms with van der Waals surface area (Å²) in [7, 11) is 1.89. The average molecular weight is 245 g/mol. The molecule has 15 heavy (non-hydrogen) atoms. The van der Waals surface area contributed by atoms with E-state index in [9.17, 15) is 0 Å². The standard InChI is InChI=1S/C11H17ClO2Si/c1-13-15(14-2)9-11(8-12)10-6-4-3-5-7-10/h3-7,11,15H,8-9H2,1-2H3. The number of hydrogen-bond donors (Lipinski definition) is 0. The fourth-order valence-electron chi connectivity index (χ4n) is 1.53. The second-order valence-electron chi connectivity index (χ2n) is 3.40. The molecule has 1 aromatic carbocycles. The van der Waals surface area contributed by atoms with Crippen LogP contribution in [0.2, 0.25) is 6.04 Å². The monoisotopic (exact) mass is 244 g/mol. The summed E-state index contributed by atoms with van der Waals surface area (Å²) in [4.78, 5) is 0. The van der Waals surface area contributed by atoms with Crippen LogP contribution in [0.15, 0.2) is 30.3 Å². The fraction of sp³-hybridized carbons (Fsp3) is 0.455. The van der Waals surface area contributed by atoms with E-state index in [1.165, 1.54) is 5.56 Å². The Morgan fingerprint density at radius 3 is 2.27 bits per heavy atom. The quantitative estimate of drug-likeness (QED) is 0.566. The summed E-state index contributed by atoms with van der Waals surface area (Å²) in [5, 5.41) is 0. The van der Waals surface area contributed by atoms with Crippen LogP contribution in [0.4, 0.5) is 0 Å². The van der Waals surface area contributed by atoms with Crippen LogP contribution in [0.25, 0.3) is 0 Å². The molecule has 1 aromatic rings. The Bertz CT molecular complexity index is 265. The van der Waals surface area contributed by atoms with Crippen molar-refractivity contribution in [3.05, 3.63) is 35.9 Å². The van der Waals surface area contributed by atoms with Gasteiger partial charge in [0.05, 0.1) is 0 Å². The van der Waals surface area contributed by atoms with E-state index in [0.29, 0.717) is 11.8 Å². The number of benzene rings is 1. The molecule has 0 spiro atoms. The van der Waals surface area contributed by atoms with Gasteiger partial charge in [-0.15, -0.1) is 11.6 Å². The molecule has 0 N–H and O–H groups in total. The van der Waals surface area contributed by atoms with Crippen LogP contribution in [-0.2, 0) is 8.85 Å². The van der Waals surface area contributed by atoms with Crippen molar-refractivity contribution >= 4 is 20.9 Å². The summed E-state index contributed by atoms with van der Waals surface area (Å²) in [6.07, 6.45) is 0. The second kappa shape index (κ2) is 7.01. The molecule has 0 aromatic heterocycles. The molecule has 0 aliphatic carbocycles. The molecule has 0 saturated carbocycles. The minimum Gasteiger partial charge on any atom is -0.400 e. The van der Waals surface area contributed by atoms with Crippen molar-refractivity contribution in [1.82, 2.24) is 0 Å². The maximum Gasteiger partial charge on any atom is 0.321 e. The Kier molecular flexibility index (Phi) is 5.94. The van der Waals surface area contributed by atoms with Gasteiger partial charge in [0.1, 0.15) is 0 Å². The van der Waals surface area contributed by atoms with Crippen molar-refractivity contribution < 1.29 is 8.85 Å². The highest BCUT2D eigenvalue weighted by atomic mass is 35.5. The SMILES string of the molecule is CO[SiH](CC(CCl)c1ccccc1)OC. The van der Waals surface area contributed by atoms with Gasteiger partial charge in [0.15, 0.2) is 0 Å². The molecule has 2 nitrogen and oxygen atoms in total. The van der Waals surface area contributed by atoms with E-state index in [0.717, 1.165) is 6.04 Å².